The highest BCUT2D eigenvalue weighted by molar-refractivity contribution is 5.98. The van der Waals surface area contributed by atoms with E-state index in [0.29, 0.717) is 49.1 Å². The first-order valence-corrected chi connectivity index (χ1v) is 10.2. The van der Waals surface area contributed by atoms with E-state index >= 15 is 0 Å². The molecule has 2 N–H and O–H groups in total. The van der Waals surface area contributed by atoms with Crippen LogP contribution in [0.1, 0.15) is 30.3 Å². The largest absolute Gasteiger partial charge is 0.573 e. The second-order valence-corrected chi connectivity index (χ2v) is 7.62. The molecular formula is C21H22F3N5O3. The molecule has 0 spiro atoms. The van der Waals surface area contributed by atoms with Crippen LogP contribution in [0.25, 0.3) is 10.9 Å². The minimum atomic E-state index is -4.79. The van der Waals surface area contributed by atoms with Crippen LogP contribution in [0.3, 0.4) is 0 Å². The van der Waals surface area contributed by atoms with Gasteiger partial charge in [-0.2, -0.15) is 5.10 Å². The van der Waals surface area contributed by atoms with E-state index in [1.807, 2.05) is 6.92 Å². The summed E-state index contributed by atoms with van der Waals surface area (Å²) >= 11 is 0. The number of piperidine rings is 1. The van der Waals surface area contributed by atoms with Crippen LogP contribution in [0.4, 0.5) is 18.9 Å². The van der Waals surface area contributed by atoms with E-state index < -0.39 is 6.36 Å². The topological polar surface area (TPSA) is 92.3 Å². The molecule has 11 heteroatoms. The van der Waals surface area contributed by atoms with E-state index in [1.54, 1.807) is 28.0 Å². The Hall–Kier alpha value is -3.50. The summed E-state index contributed by atoms with van der Waals surface area (Å²) in [6.45, 7) is 3.47. The van der Waals surface area contributed by atoms with Gasteiger partial charge in [0, 0.05) is 48.7 Å². The zero-order valence-electron chi connectivity index (χ0n) is 17.3. The average Bonchev–Trinajstić information content (AvgIpc) is 3.38. The van der Waals surface area contributed by atoms with Crippen LogP contribution in [0.2, 0.25) is 0 Å². The smallest absolute Gasteiger partial charge is 0.406 e. The van der Waals surface area contributed by atoms with E-state index in [-0.39, 0.29) is 29.2 Å². The van der Waals surface area contributed by atoms with Crippen LogP contribution < -0.4 is 10.1 Å². The summed E-state index contributed by atoms with van der Waals surface area (Å²) in [7, 11) is 0. The van der Waals surface area contributed by atoms with Crippen LogP contribution in [0.5, 0.6) is 5.75 Å². The predicted molar refractivity (Wildman–Crippen MR) is 110 cm³/mol. The van der Waals surface area contributed by atoms with Gasteiger partial charge in [0.1, 0.15) is 11.4 Å². The molecule has 4 rings (SSSR count). The highest BCUT2D eigenvalue weighted by Gasteiger charge is 2.31. The molecule has 32 heavy (non-hydrogen) atoms. The van der Waals surface area contributed by atoms with E-state index in [9.17, 15) is 22.8 Å². The summed E-state index contributed by atoms with van der Waals surface area (Å²) in [5.74, 6) is -0.936. The van der Waals surface area contributed by atoms with E-state index in [4.69, 9.17) is 0 Å². The van der Waals surface area contributed by atoms with Crippen molar-refractivity contribution >= 4 is 28.4 Å². The number of aryl methyl sites for hydroxylation is 1. The number of aromatic amines is 1. The van der Waals surface area contributed by atoms with Crippen molar-refractivity contribution in [2.45, 2.75) is 32.7 Å². The Morgan fingerprint density at radius 3 is 2.66 bits per heavy atom. The van der Waals surface area contributed by atoms with Crippen molar-refractivity contribution in [3.8, 4) is 5.75 Å². The van der Waals surface area contributed by atoms with Gasteiger partial charge in [-0.05, 0) is 38.0 Å². The van der Waals surface area contributed by atoms with Gasteiger partial charge in [-0.1, -0.05) is 0 Å². The third-order valence-corrected chi connectivity index (χ3v) is 5.44. The summed E-state index contributed by atoms with van der Waals surface area (Å²) in [6.07, 6.45) is -0.392. The summed E-state index contributed by atoms with van der Waals surface area (Å²) in [4.78, 5) is 29.9. The zero-order chi connectivity index (χ0) is 22.9. The number of benzene rings is 1. The van der Waals surface area contributed by atoms with Gasteiger partial charge in [-0.15, -0.1) is 13.2 Å². The number of ether oxygens (including phenoxy) is 1. The lowest BCUT2D eigenvalue weighted by atomic mass is 9.95. The number of hydrogen-bond donors (Lipinski definition) is 2. The number of aromatic nitrogens is 3. The number of likely N-dealkylation sites (tertiary alicyclic amines) is 1. The Labute approximate surface area is 181 Å². The van der Waals surface area contributed by atoms with Gasteiger partial charge in [-0.3, -0.25) is 14.3 Å². The average molecular weight is 449 g/mol. The van der Waals surface area contributed by atoms with Gasteiger partial charge in [0.05, 0.1) is 11.9 Å². The van der Waals surface area contributed by atoms with Crippen LogP contribution in [-0.2, 0) is 11.3 Å². The summed E-state index contributed by atoms with van der Waals surface area (Å²) in [5.41, 5.74) is 1.29. The number of carbonyl (C=O) groups excluding carboxylic acids is 2. The van der Waals surface area contributed by atoms with E-state index in [2.05, 4.69) is 20.1 Å². The molecule has 0 aliphatic carbocycles. The normalized spacial score (nSPS) is 15.2. The van der Waals surface area contributed by atoms with Crippen molar-refractivity contribution in [2.75, 3.05) is 18.4 Å². The molecule has 1 aromatic carbocycles. The number of halogens is 3. The third kappa shape index (κ3) is 4.87. The molecule has 1 aliphatic heterocycles. The van der Waals surface area contributed by atoms with Crippen LogP contribution in [-0.4, -0.2) is 50.9 Å². The Balaban J connectivity index is 1.36. The summed E-state index contributed by atoms with van der Waals surface area (Å²) in [6, 6.07) is 5.46. The number of anilines is 1. The number of fused-ring (bicyclic) bond motifs is 1. The maximum Gasteiger partial charge on any atom is 0.573 e. The quantitative estimate of drug-likeness (QED) is 0.620. The molecule has 0 radical (unpaired) electrons. The highest BCUT2D eigenvalue weighted by Crippen LogP contribution is 2.28. The lowest BCUT2D eigenvalue weighted by Crippen LogP contribution is -2.41. The number of alkyl halides is 3. The van der Waals surface area contributed by atoms with Gasteiger partial charge in [0.2, 0.25) is 5.91 Å². The fourth-order valence-electron chi connectivity index (χ4n) is 3.78. The SMILES string of the molecule is CCn1cc(NC(=O)C2CCN(C(=O)c3cc4ccc(OC(F)(F)F)cc4[nH]3)CC2)cn1. The Kier molecular flexibility index (Phi) is 5.81. The number of hydrogen-bond acceptors (Lipinski definition) is 4. The number of nitrogens with one attached hydrogen (secondary N) is 2. The number of carbonyl (C=O) groups is 2. The highest BCUT2D eigenvalue weighted by atomic mass is 19.4. The molecule has 0 unspecified atom stereocenters. The first-order chi connectivity index (χ1) is 15.2. The van der Waals surface area contributed by atoms with E-state index in [1.165, 1.54) is 18.2 Å². The summed E-state index contributed by atoms with van der Waals surface area (Å²) < 4.78 is 42.9. The van der Waals surface area contributed by atoms with Gasteiger partial charge in [-0.25, -0.2) is 0 Å². The zero-order valence-corrected chi connectivity index (χ0v) is 17.3. The Morgan fingerprint density at radius 2 is 2.00 bits per heavy atom. The molecule has 1 saturated heterocycles. The molecule has 0 bridgehead atoms. The first kappa shape index (κ1) is 21.7. The van der Waals surface area contributed by atoms with Crippen molar-refractivity contribution in [2.24, 2.45) is 5.92 Å². The molecule has 0 atom stereocenters. The van der Waals surface area contributed by atoms with E-state index in [0.717, 1.165) is 0 Å². The molecule has 1 fully saturated rings. The maximum absolute atomic E-state index is 12.9. The minimum absolute atomic E-state index is 0.101. The molecule has 2 aromatic heterocycles. The van der Waals surface area contributed by atoms with Crippen LogP contribution in [0, 0.1) is 5.92 Å². The maximum atomic E-state index is 12.9. The second-order valence-electron chi connectivity index (χ2n) is 7.62. The number of amides is 2. The van der Waals surface area contributed by atoms with Crippen molar-refractivity contribution in [1.82, 2.24) is 19.7 Å². The molecule has 170 valence electrons. The second kappa shape index (κ2) is 8.56. The number of rotatable bonds is 5. The number of nitrogens with zero attached hydrogens (tertiary/aromatic N) is 3. The Morgan fingerprint density at radius 1 is 1.25 bits per heavy atom. The van der Waals surface area contributed by atoms with Crippen molar-refractivity contribution in [3.63, 3.8) is 0 Å². The molecule has 8 nitrogen and oxygen atoms in total. The number of H-pyrrole nitrogens is 1. The van der Waals surface area contributed by atoms with Gasteiger partial charge >= 0.3 is 6.36 Å². The molecule has 1 aliphatic rings. The van der Waals surface area contributed by atoms with Gasteiger partial charge in [0.25, 0.3) is 5.91 Å². The molecule has 2 amide bonds. The predicted octanol–water partition coefficient (Wildman–Crippen LogP) is 3.77. The van der Waals surface area contributed by atoms with Crippen molar-refractivity contribution in [1.29, 1.82) is 0 Å². The van der Waals surface area contributed by atoms with Crippen LogP contribution in [0.15, 0.2) is 36.7 Å². The standard InChI is InChI=1S/C21H22F3N5O3/c1-2-29-12-15(11-25-29)26-19(30)13-5-7-28(8-6-13)20(31)18-9-14-3-4-16(10-17(14)27-18)32-21(22,23)24/h3-4,9-13,27H,2,5-8H2,1H3,(H,26,30). The monoisotopic (exact) mass is 449 g/mol. The fourth-order valence-corrected chi connectivity index (χ4v) is 3.78. The molecule has 3 aromatic rings. The lowest BCUT2D eigenvalue weighted by Gasteiger charge is -2.31. The summed E-state index contributed by atoms with van der Waals surface area (Å²) in [5, 5.41) is 7.58. The Bertz CT molecular complexity index is 1130. The molecule has 0 saturated carbocycles. The van der Waals surface area contributed by atoms with Crippen molar-refractivity contribution < 1.29 is 27.5 Å². The fraction of sp³-hybridized carbons (Fsp3) is 0.381. The molecular weight excluding hydrogens is 427 g/mol. The van der Waals surface area contributed by atoms with Gasteiger partial charge in [0.15, 0.2) is 0 Å². The molecule has 3 heterocycles. The van der Waals surface area contributed by atoms with Gasteiger partial charge < -0.3 is 19.9 Å². The first-order valence-electron chi connectivity index (χ1n) is 10.2. The lowest BCUT2D eigenvalue weighted by molar-refractivity contribution is -0.274. The third-order valence-electron chi connectivity index (χ3n) is 5.44. The minimum Gasteiger partial charge on any atom is -0.406 e. The van der Waals surface area contributed by atoms with Crippen molar-refractivity contribution in [3.05, 3.63) is 42.4 Å². The van der Waals surface area contributed by atoms with Crippen LogP contribution >= 0.6 is 0 Å².